The fraction of sp³-hybridized carbons (Fsp3) is 0.333. The lowest BCUT2D eigenvalue weighted by atomic mass is 9.95. The van der Waals surface area contributed by atoms with Crippen LogP contribution in [0.4, 0.5) is 10.1 Å². The number of anilines is 1. The van der Waals surface area contributed by atoms with Gasteiger partial charge in [-0.1, -0.05) is 25.1 Å². The second-order valence-electron chi connectivity index (χ2n) is 5.75. The average Bonchev–Trinajstić information content (AvgIpc) is 2.67. The Hall–Kier alpha value is -1.87. The molecule has 0 fully saturated rings. The van der Waals surface area contributed by atoms with Crippen molar-refractivity contribution in [2.24, 2.45) is 0 Å². The van der Waals surface area contributed by atoms with Crippen molar-refractivity contribution in [1.29, 1.82) is 0 Å². The number of rotatable bonds is 3. The van der Waals surface area contributed by atoms with Gasteiger partial charge in [0.1, 0.15) is 5.82 Å². The second kappa shape index (κ2) is 6.27. The van der Waals surface area contributed by atoms with E-state index in [4.69, 9.17) is 0 Å². The quantitative estimate of drug-likeness (QED) is 0.898. The van der Waals surface area contributed by atoms with Gasteiger partial charge in [0.25, 0.3) is 0 Å². The second-order valence-corrected chi connectivity index (χ2v) is 5.75. The van der Waals surface area contributed by atoms with Crippen LogP contribution in [0, 0.1) is 5.82 Å². The lowest BCUT2D eigenvalue weighted by molar-refractivity contribution is 0.626. The Labute approximate surface area is 125 Å². The van der Waals surface area contributed by atoms with Crippen molar-refractivity contribution < 1.29 is 4.39 Å². The molecular weight excluding hydrogens is 263 g/mol. The zero-order valence-corrected chi connectivity index (χ0v) is 12.3. The van der Waals surface area contributed by atoms with Crippen molar-refractivity contribution in [3.05, 3.63) is 65.0 Å². The molecule has 0 saturated carbocycles. The molecule has 0 spiro atoms. The van der Waals surface area contributed by atoms with Gasteiger partial charge in [-0.05, 0) is 59.8 Å². The highest BCUT2D eigenvalue weighted by atomic mass is 19.1. The summed E-state index contributed by atoms with van der Waals surface area (Å²) in [4.78, 5) is 0. The minimum Gasteiger partial charge on any atom is -0.381 e. The lowest BCUT2D eigenvalue weighted by Gasteiger charge is -2.15. The van der Waals surface area contributed by atoms with Crippen LogP contribution in [0.1, 0.15) is 29.5 Å². The van der Waals surface area contributed by atoms with Crippen LogP contribution in [-0.2, 0) is 13.0 Å². The predicted octanol–water partition coefficient (Wildman–Crippen LogP) is 3.69. The molecule has 0 saturated heterocycles. The Morgan fingerprint density at radius 3 is 3.00 bits per heavy atom. The van der Waals surface area contributed by atoms with E-state index in [1.807, 2.05) is 6.07 Å². The smallest absolute Gasteiger partial charge is 0.123 e. The molecule has 0 aliphatic carbocycles. The van der Waals surface area contributed by atoms with Crippen molar-refractivity contribution >= 4 is 5.69 Å². The van der Waals surface area contributed by atoms with E-state index in [1.54, 1.807) is 12.1 Å². The van der Waals surface area contributed by atoms with Gasteiger partial charge in [-0.15, -0.1) is 0 Å². The highest BCUT2D eigenvalue weighted by Crippen LogP contribution is 2.26. The van der Waals surface area contributed by atoms with Crippen LogP contribution in [0.2, 0.25) is 0 Å². The Balaban J connectivity index is 1.74. The molecule has 3 rings (SSSR count). The molecule has 0 radical (unpaired) electrons. The SMILES string of the molecule is C[C@@H]1CNCCc2ccc(NCc3cccc(F)c3)cc21. The maximum atomic E-state index is 13.2. The van der Waals surface area contributed by atoms with Crippen LogP contribution < -0.4 is 10.6 Å². The molecule has 21 heavy (non-hydrogen) atoms. The summed E-state index contributed by atoms with van der Waals surface area (Å²) < 4.78 is 13.2. The third kappa shape index (κ3) is 3.42. The van der Waals surface area contributed by atoms with E-state index in [0.717, 1.165) is 30.8 Å². The van der Waals surface area contributed by atoms with Gasteiger partial charge in [-0.3, -0.25) is 0 Å². The molecule has 1 aliphatic heterocycles. The summed E-state index contributed by atoms with van der Waals surface area (Å²) in [5.41, 5.74) is 4.92. The molecule has 2 N–H and O–H groups in total. The van der Waals surface area contributed by atoms with Gasteiger partial charge in [-0.25, -0.2) is 4.39 Å². The predicted molar refractivity (Wildman–Crippen MR) is 85.2 cm³/mol. The number of fused-ring (bicyclic) bond motifs is 1. The summed E-state index contributed by atoms with van der Waals surface area (Å²) in [7, 11) is 0. The van der Waals surface area contributed by atoms with Crippen molar-refractivity contribution in [3.63, 3.8) is 0 Å². The lowest BCUT2D eigenvalue weighted by Crippen LogP contribution is -2.18. The van der Waals surface area contributed by atoms with Crippen LogP contribution in [0.3, 0.4) is 0 Å². The molecule has 3 heteroatoms. The summed E-state index contributed by atoms with van der Waals surface area (Å²) in [5.74, 6) is 0.342. The Morgan fingerprint density at radius 1 is 1.24 bits per heavy atom. The fourth-order valence-electron chi connectivity index (χ4n) is 2.89. The van der Waals surface area contributed by atoms with Crippen molar-refractivity contribution in [2.75, 3.05) is 18.4 Å². The highest BCUT2D eigenvalue weighted by molar-refractivity contribution is 5.50. The van der Waals surface area contributed by atoms with E-state index in [9.17, 15) is 4.39 Å². The number of benzene rings is 2. The molecule has 1 heterocycles. The minimum atomic E-state index is -0.184. The van der Waals surface area contributed by atoms with E-state index < -0.39 is 0 Å². The standard InChI is InChI=1S/C18H21FN2/c1-13-11-20-8-7-15-5-6-17(10-18(13)15)21-12-14-3-2-4-16(19)9-14/h2-6,9-10,13,20-21H,7-8,11-12H2,1H3/t13-/m1/s1. The molecular formula is C18H21FN2. The number of hydrogen-bond donors (Lipinski definition) is 2. The minimum absolute atomic E-state index is 0.184. The first-order valence-electron chi connectivity index (χ1n) is 7.54. The Kier molecular flexibility index (Phi) is 4.20. The van der Waals surface area contributed by atoms with E-state index >= 15 is 0 Å². The fourth-order valence-corrected chi connectivity index (χ4v) is 2.89. The number of hydrogen-bond acceptors (Lipinski definition) is 2. The highest BCUT2D eigenvalue weighted by Gasteiger charge is 2.14. The van der Waals surface area contributed by atoms with Crippen LogP contribution in [-0.4, -0.2) is 13.1 Å². The van der Waals surface area contributed by atoms with Gasteiger partial charge in [0.05, 0.1) is 0 Å². The summed E-state index contributed by atoms with van der Waals surface area (Å²) in [6.07, 6.45) is 1.09. The molecule has 1 aliphatic rings. The van der Waals surface area contributed by atoms with Crippen LogP contribution >= 0.6 is 0 Å². The maximum absolute atomic E-state index is 13.2. The van der Waals surface area contributed by atoms with Crippen LogP contribution in [0.5, 0.6) is 0 Å². The number of halogens is 1. The zero-order valence-electron chi connectivity index (χ0n) is 12.3. The molecule has 0 unspecified atom stereocenters. The third-order valence-electron chi connectivity index (χ3n) is 4.08. The molecule has 0 amide bonds. The first-order valence-corrected chi connectivity index (χ1v) is 7.54. The van der Waals surface area contributed by atoms with Gasteiger partial charge < -0.3 is 10.6 Å². The third-order valence-corrected chi connectivity index (χ3v) is 4.08. The van der Waals surface area contributed by atoms with Gasteiger partial charge >= 0.3 is 0 Å². The van der Waals surface area contributed by atoms with Crippen LogP contribution in [0.15, 0.2) is 42.5 Å². The van der Waals surface area contributed by atoms with Crippen molar-refractivity contribution in [1.82, 2.24) is 5.32 Å². The average molecular weight is 284 g/mol. The monoisotopic (exact) mass is 284 g/mol. The molecule has 1 atom stereocenters. The first-order chi connectivity index (χ1) is 10.2. The largest absolute Gasteiger partial charge is 0.381 e. The molecule has 2 nitrogen and oxygen atoms in total. The van der Waals surface area contributed by atoms with Crippen molar-refractivity contribution in [3.8, 4) is 0 Å². The topological polar surface area (TPSA) is 24.1 Å². The van der Waals surface area contributed by atoms with Gasteiger partial charge in [0, 0.05) is 18.8 Å². The summed E-state index contributed by atoms with van der Waals surface area (Å²) in [6, 6.07) is 13.3. The Morgan fingerprint density at radius 2 is 2.14 bits per heavy atom. The van der Waals surface area contributed by atoms with Crippen LogP contribution in [0.25, 0.3) is 0 Å². The van der Waals surface area contributed by atoms with Gasteiger partial charge in [0.2, 0.25) is 0 Å². The van der Waals surface area contributed by atoms with E-state index in [1.165, 1.54) is 17.2 Å². The zero-order chi connectivity index (χ0) is 14.7. The van der Waals surface area contributed by atoms with E-state index in [0.29, 0.717) is 12.5 Å². The summed E-state index contributed by atoms with van der Waals surface area (Å²) in [6.45, 7) is 4.98. The van der Waals surface area contributed by atoms with Crippen molar-refractivity contribution in [2.45, 2.75) is 25.8 Å². The molecule has 2 aromatic rings. The van der Waals surface area contributed by atoms with E-state index in [-0.39, 0.29) is 5.82 Å². The Bertz CT molecular complexity index is 624. The maximum Gasteiger partial charge on any atom is 0.123 e. The molecule has 0 aromatic heterocycles. The normalized spacial score (nSPS) is 17.9. The van der Waals surface area contributed by atoms with E-state index in [2.05, 4.69) is 35.8 Å². The number of nitrogens with one attached hydrogen (secondary N) is 2. The molecule has 110 valence electrons. The molecule has 2 aromatic carbocycles. The summed E-state index contributed by atoms with van der Waals surface area (Å²) >= 11 is 0. The molecule has 0 bridgehead atoms. The van der Waals surface area contributed by atoms with Gasteiger partial charge in [0.15, 0.2) is 0 Å². The summed E-state index contributed by atoms with van der Waals surface area (Å²) in [5, 5.41) is 6.86. The first kappa shape index (κ1) is 14.1. The van der Waals surface area contributed by atoms with Gasteiger partial charge in [-0.2, -0.15) is 0 Å².